The summed E-state index contributed by atoms with van der Waals surface area (Å²) in [7, 11) is -2.80. The summed E-state index contributed by atoms with van der Waals surface area (Å²) in [5.41, 5.74) is 3.63. The minimum atomic E-state index is -2.14. The molecule has 330 valence electrons. The van der Waals surface area contributed by atoms with Crippen LogP contribution in [0.15, 0.2) is 207 Å². The van der Waals surface area contributed by atoms with Crippen molar-refractivity contribution in [1.82, 2.24) is 0 Å². The number of hydrogen-bond acceptors (Lipinski definition) is 7. The number of ether oxygens (including phenoxy) is 1. The van der Waals surface area contributed by atoms with E-state index < -0.39 is 24.9 Å². The highest BCUT2D eigenvalue weighted by Gasteiger charge is 2.27. The topological polar surface area (TPSA) is 72.5 Å². The number of para-hydroxylation sites is 1. The van der Waals surface area contributed by atoms with Gasteiger partial charge in [0, 0.05) is 18.3 Å². The second kappa shape index (κ2) is 21.5. The molecule has 1 atom stereocenters. The van der Waals surface area contributed by atoms with Crippen LogP contribution in [0.2, 0.25) is 0 Å². The third kappa shape index (κ3) is 10.8. The molecule has 0 radical (unpaired) electrons. The van der Waals surface area contributed by atoms with E-state index in [9.17, 15) is 4.79 Å². The minimum Gasteiger partial charge on any atom is -0.497 e. The molecule has 0 fully saturated rings. The molecular weight excluding hydrogens is 878 g/mol. The molecule has 1 unspecified atom stereocenters. The van der Waals surface area contributed by atoms with E-state index >= 15 is 0 Å². The lowest BCUT2D eigenvalue weighted by Crippen LogP contribution is -2.09. The van der Waals surface area contributed by atoms with Crippen molar-refractivity contribution in [2.45, 2.75) is 13.3 Å². The van der Waals surface area contributed by atoms with Gasteiger partial charge in [-0.15, -0.1) is 0 Å². The third-order valence-corrected chi connectivity index (χ3v) is 14.5. The first-order valence-corrected chi connectivity index (χ1v) is 25.8. The molecule has 8 aromatic carbocycles. The van der Waals surface area contributed by atoms with Gasteiger partial charge in [-0.05, 0) is 105 Å². The van der Waals surface area contributed by atoms with Gasteiger partial charge in [0.25, 0.3) is 8.38 Å². The molecule has 0 aromatic heterocycles. The van der Waals surface area contributed by atoms with Crippen molar-refractivity contribution >= 4 is 68.6 Å². The largest absolute Gasteiger partial charge is 0.530 e. The van der Waals surface area contributed by atoms with Crippen LogP contribution < -0.4 is 27.4 Å². The molecule has 10 heteroatoms. The zero-order chi connectivity index (χ0) is 46.0. The van der Waals surface area contributed by atoms with Crippen molar-refractivity contribution in [3.8, 4) is 34.5 Å². The number of rotatable bonds is 20. The van der Waals surface area contributed by atoms with Crippen LogP contribution in [0.5, 0.6) is 34.5 Å². The number of carbonyl (C=O) groups is 1. The number of ketones is 1. The molecule has 0 bridgehead atoms. The molecule has 0 amide bonds. The molecule has 8 aromatic rings. The third-order valence-electron chi connectivity index (χ3n) is 10.8. The first-order valence-electron chi connectivity index (χ1n) is 21.4. The van der Waals surface area contributed by atoms with Gasteiger partial charge in [-0.1, -0.05) is 161 Å². The van der Waals surface area contributed by atoms with Crippen LogP contribution in [0, 0.1) is 0 Å². The summed E-state index contributed by atoms with van der Waals surface area (Å²) in [5.74, 6) is 6.44. The quantitative estimate of drug-likeness (QED) is 0.0428. The van der Waals surface area contributed by atoms with Gasteiger partial charge in [0.1, 0.15) is 34.5 Å². The lowest BCUT2D eigenvalue weighted by molar-refractivity contribution is 0.103. The Bertz CT molecular complexity index is 3020. The molecule has 8 rings (SSSR count). The van der Waals surface area contributed by atoms with Crippen molar-refractivity contribution in [2.24, 2.45) is 0 Å². The van der Waals surface area contributed by atoms with E-state index in [0.29, 0.717) is 34.3 Å². The van der Waals surface area contributed by atoms with Gasteiger partial charge in [-0.25, -0.2) is 0 Å². The van der Waals surface area contributed by atoms with E-state index in [2.05, 4.69) is 44.9 Å². The van der Waals surface area contributed by atoms with Crippen molar-refractivity contribution < 1.29 is 32.2 Å². The van der Waals surface area contributed by atoms with E-state index in [1.165, 1.54) is 0 Å². The fraction of sp³-hybridized carbons (Fsp3) is 0.0893. The van der Waals surface area contributed by atoms with Crippen molar-refractivity contribution in [1.29, 1.82) is 0 Å². The molecule has 7 nitrogen and oxygen atoms in total. The molecule has 0 saturated carbocycles. The lowest BCUT2D eigenvalue weighted by Gasteiger charge is -2.22. The molecule has 0 heterocycles. The van der Waals surface area contributed by atoms with Gasteiger partial charge in [0.15, 0.2) is 0 Å². The van der Waals surface area contributed by atoms with Crippen LogP contribution in [0.3, 0.4) is 0 Å². The maximum atomic E-state index is 14.8. The van der Waals surface area contributed by atoms with Crippen LogP contribution in [-0.2, 0) is 0 Å². The molecule has 0 saturated heterocycles. The van der Waals surface area contributed by atoms with E-state index in [1.807, 2.05) is 134 Å². The lowest BCUT2D eigenvalue weighted by atomic mass is 9.94. The van der Waals surface area contributed by atoms with E-state index in [-0.39, 0.29) is 17.1 Å². The zero-order valence-electron chi connectivity index (χ0n) is 37.1. The maximum absolute atomic E-state index is 14.8. The molecular formula is C56H49O7P3. The van der Waals surface area contributed by atoms with Gasteiger partial charge in [-0.2, -0.15) is 0 Å². The number of allylic oxidation sites excluding steroid dienone is 3. The second-order valence-electron chi connectivity index (χ2n) is 15.2. The average molecular weight is 927 g/mol. The summed E-state index contributed by atoms with van der Waals surface area (Å²) < 4.78 is 38.6. The van der Waals surface area contributed by atoms with Crippen LogP contribution >= 0.6 is 24.9 Å². The monoisotopic (exact) mass is 926 g/mol. The van der Waals surface area contributed by atoms with Crippen molar-refractivity contribution in [2.75, 3.05) is 19.9 Å². The molecule has 0 spiro atoms. The highest BCUT2D eigenvalue weighted by atomic mass is 31.2. The Morgan fingerprint density at radius 3 is 1.74 bits per heavy atom. The SMILES string of the molecule is C=CP(C=C)CC(=C)/C=C(\CC)c1c(OP(C)Oc2cc(OC)ccc2C(=O)c2ccccc2OP(Oc2ccc3ccccc3c2)Oc2ccc3ccccc3c2)ccc2ccccc12. The summed E-state index contributed by atoms with van der Waals surface area (Å²) >= 11 is 0. The molecule has 66 heavy (non-hydrogen) atoms. The van der Waals surface area contributed by atoms with Crippen LogP contribution in [0.25, 0.3) is 37.9 Å². The number of fused-ring (bicyclic) bond motifs is 3. The fourth-order valence-corrected chi connectivity index (χ4v) is 10.4. The Hall–Kier alpha value is -6.74. The Balaban J connectivity index is 1.09. The fourth-order valence-electron chi connectivity index (χ4n) is 7.56. The second-order valence-corrected chi connectivity index (χ2v) is 19.5. The Morgan fingerprint density at radius 1 is 0.561 bits per heavy atom. The minimum absolute atomic E-state index is 0.280. The first kappa shape index (κ1) is 45.8. The highest BCUT2D eigenvalue weighted by molar-refractivity contribution is 7.64. The smallest absolute Gasteiger partial charge is 0.497 e. The van der Waals surface area contributed by atoms with Crippen molar-refractivity contribution in [3.05, 3.63) is 224 Å². The van der Waals surface area contributed by atoms with Gasteiger partial charge in [0.05, 0.1) is 18.2 Å². The molecule has 0 aliphatic heterocycles. The van der Waals surface area contributed by atoms with Crippen molar-refractivity contribution in [3.63, 3.8) is 0 Å². The normalized spacial score (nSPS) is 11.9. The summed E-state index contributed by atoms with van der Waals surface area (Å²) in [6, 6.07) is 52.2. The number of benzene rings is 8. The Labute approximate surface area is 390 Å². The van der Waals surface area contributed by atoms with Gasteiger partial charge in [-0.3, -0.25) is 4.79 Å². The summed E-state index contributed by atoms with van der Waals surface area (Å²) in [4.78, 5) is 14.8. The molecule has 0 N–H and O–H groups in total. The predicted molar refractivity (Wildman–Crippen MR) is 277 cm³/mol. The van der Waals surface area contributed by atoms with Crippen LogP contribution in [-0.4, -0.2) is 25.7 Å². The number of hydrogen-bond donors (Lipinski definition) is 0. The zero-order valence-corrected chi connectivity index (χ0v) is 39.7. The number of carbonyl (C=O) groups excluding carboxylic acids is 1. The Morgan fingerprint density at radius 2 is 1.11 bits per heavy atom. The molecule has 0 aliphatic carbocycles. The van der Waals surface area contributed by atoms with E-state index in [0.717, 1.165) is 61.6 Å². The standard InChI is InChI=1S/C56H49O7P3/c1-7-40(34-39(4)38-65(8-2)9-3)55-49-23-15-14-20-43(49)28-33-53(55)61-64(6)62-54-37-46(58-5)31-32-51(54)56(57)50-24-16-17-25-52(50)63-66(59-47-29-26-41-18-10-12-21-44(41)35-47)60-48-30-27-42-19-11-13-22-45(42)36-48/h8-37H,2-4,7,38H2,1,5-6H3/b40-34+. The first-order chi connectivity index (χ1) is 32.2. The highest BCUT2D eigenvalue weighted by Crippen LogP contribution is 2.48. The van der Waals surface area contributed by atoms with Crippen LogP contribution in [0.1, 0.15) is 34.8 Å². The molecule has 0 aliphatic rings. The van der Waals surface area contributed by atoms with Crippen LogP contribution in [0.4, 0.5) is 0 Å². The predicted octanol–water partition coefficient (Wildman–Crippen LogP) is 16.7. The summed E-state index contributed by atoms with van der Waals surface area (Å²) in [6.45, 7) is 16.4. The average Bonchev–Trinajstić information content (AvgIpc) is 3.34. The van der Waals surface area contributed by atoms with Gasteiger partial charge in [0.2, 0.25) is 5.78 Å². The summed E-state index contributed by atoms with van der Waals surface area (Å²) in [6.07, 6.45) is 3.67. The van der Waals surface area contributed by atoms with Gasteiger partial charge >= 0.3 is 8.60 Å². The van der Waals surface area contributed by atoms with E-state index in [4.69, 9.17) is 27.4 Å². The number of methoxy groups -OCH3 is 1. The van der Waals surface area contributed by atoms with E-state index in [1.54, 1.807) is 43.5 Å². The van der Waals surface area contributed by atoms with Gasteiger partial charge < -0.3 is 27.4 Å². The maximum Gasteiger partial charge on any atom is 0.530 e. The Kier molecular flexibility index (Phi) is 14.9. The summed E-state index contributed by atoms with van der Waals surface area (Å²) in [5, 5.41) is 6.29.